The molecule has 0 fully saturated rings. The first-order chi connectivity index (χ1) is 17.8. The maximum Gasteiger partial charge on any atom is 0.280 e. The first-order valence-electron chi connectivity index (χ1n) is 11.3. The zero-order chi connectivity index (χ0) is 26.4. The van der Waals surface area contributed by atoms with Crippen LogP contribution in [-0.2, 0) is 17.9 Å². The number of carbonyl (C=O) groups excluding carboxylic acids is 1. The van der Waals surface area contributed by atoms with Crippen molar-refractivity contribution in [3.05, 3.63) is 83.2 Å². The van der Waals surface area contributed by atoms with Crippen LogP contribution in [0.1, 0.15) is 29.2 Å². The molecular weight excluding hydrogens is 485 g/mol. The minimum atomic E-state index is -2.80. The zero-order valence-electron chi connectivity index (χ0n) is 19.8. The molecule has 0 spiro atoms. The molecular formula is C26H23F3N6O2. The van der Waals surface area contributed by atoms with E-state index in [1.807, 2.05) is 0 Å². The fourth-order valence-electron chi connectivity index (χ4n) is 3.70. The third-order valence-electron chi connectivity index (χ3n) is 5.25. The fraction of sp³-hybridized carbons (Fsp3) is 0.192. The monoisotopic (exact) mass is 508 g/mol. The van der Waals surface area contributed by atoms with Crippen LogP contribution in [0, 0.1) is 12.7 Å². The molecule has 190 valence electrons. The van der Waals surface area contributed by atoms with Crippen LogP contribution in [0.3, 0.4) is 0 Å². The summed E-state index contributed by atoms with van der Waals surface area (Å²) >= 11 is 0. The molecule has 0 aliphatic carbocycles. The molecule has 0 saturated carbocycles. The lowest BCUT2D eigenvalue weighted by atomic mass is 9.99. The number of alkyl halides is 2. The SMILES string of the molecule is Cc1cc(-c2c(OCc3cccc(CNCC=O)n3)nc(N)nc2-c2ccc(F)cc2)cc(C(F)F)n1. The van der Waals surface area contributed by atoms with Gasteiger partial charge < -0.3 is 20.6 Å². The average Bonchev–Trinajstić information content (AvgIpc) is 2.87. The molecule has 4 aromatic rings. The number of rotatable bonds is 10. The Morgan fingerprint density at radius 1 is 1.00 bits per heavy atom. The summed E-state index contributed by atoms with van der Waals surface area (Å²) in [7, 11) is 0. The summed E-state index contributed by atoms with van der Waals surface area (Å²) in [5.41, 5.74) is 8.61. The summed E-state index contributed by atoms with van der Waals surface area (Å²) in [6, 6.07) is 13.7. The van der Waals surface area contributed by atoms with E-state index in [1.165, 1.54) is 30.3 Å². The van der Waals surface area contributed by atoms with Crippen LogP contribution in [-0.4, -0.2) is 32.8 Å². The number of halogens is 3. The van der Waals surface area contributed by atoms with Crippen LogP contribution in [0.2, 0.25) is 0 Å². The van der Waals surface area contributed by atoms with Crippen molar-refractivity contribution < 1.29 is 22.7 Å². The first-order valence-corrected chi connectivity index (χ1v) is 11.3. The minimum Gasteiger partial charge on any atom is -0.471 e. The molecule has 0 unspecified atom stereocenters. The number of pyridine rings is 2. The van der Waals surface area contributed by atoms with Crippen LogP contribution in [0.4, 0.5) is 19.1 Å². The highest BCUT2D eigenvalue weighted by Crippen LogP contribution is 2.39. The van der Waals surface area contributed by atoms with Crippen molar-refractivity contribution in [3.63, 3.8) is 0 Å². The number of nitrogens with one attached hydrogen (secondary N) is 1. The summed E-state index contributed by atoms with van der Waals surface area (Å²) in [5, 5.41) is 2.94. The number of hydrogen-bond donors (Lipinski definition) is 2. The Kier molecular flexibility index (Phi) is 8.04. The van der Waals surface area contributed by atoms with E-state index in [0.29, 0.717) is 40.3 Å². The molecule has 1 aromatic carbocycles. The van der Waals surface area contributed by atoms with Crippen LogP contribution >= 0.6 is 0 Å². The summed E-state index contributed by atoms with van der Waals surface area (Å²) in [6.45, 7) is 2.17. The molecule has 37 heavy (non-hydrogen) atoms. The lowest BCUT2D eigenvalue weighted by Gasteiger charge is -2.16. The van der Waals surface area contributed by atoms with Crippen molar-refractivity contribution in [1.29, 1.82) is 0 Å². The van der Waals surface area contributed by atoms with Gasteiger partial charge in [0.1, 0.15) is 24.4 Å². The van der Waals surface area contributed by atoms with E-state index in [9.17, 15) is 18.0 Å². The van der Waals surface area contributed by atoms with E-state index in [0.717, 1.165) is 6.29 Å². The van der Waals surface area contributed by atoms with Crippen molar-refractivity contribution >= 4 is 12.2 Å². The van der Waals surface area contributed by atoms with E-state index in [2.05, 4.69) is 25.3 Å². The maximum atomic E-state index is 13.6. The van der Waals surface area contributed by atoms with Crippen molar-refractivity contribution in [2.24, 2.45) is 0 Å². The predicted molar refractivity (Wildman–Crippen MR) is 131 cm³/mol. The molecule has 0 saturated heterocycles. The van der Waals surface area contributed by atoms with Gasteiger partial charge in [-0.3, -0.25) is 9.97 Å². The predicted octanol–water partition coefficient (Wildman–Crippen LogP) is 4.44. The molecule has 3 N–H and O–H groups in total. The van der Waals surface area contributed by atoms with E-state index >= 15 is 0 Å². The Balaban J connectivity index is 1.78. The standard InChI is InChI=1S/C26H23F3N6O2/c1-15-11-17(12-21(32-15)24(28)29)22-23(16-5-7-18(27)8-6-16)34-26(30)35-25(22)37-14-20-4-2-3-19(33-20)13-31-9-10-36/h2-8,10-12,24,31H,9,13-14H2,1H3,(H2,30,34,35). The van der Waals surface area contributed by atoms with Gasteiger partial charge in [-0.1, -0.05) is 6.07 Å². The quantitative estimate of drug-likeness (QED) is 0.239. The summed E-state index contributed by atoms with van der Waals surface area (Å²) in [5.74, 6) is -0.515. The highest BCUT2D eigenvalue weighted by molar-refractivity contribution is 5.85. The van der Waals surface area contributed by atoms with Crippen LogP contribution < -0.4 is 15.8 Å². The zero-order valence-corrected chi connectivity index (χ0v) is 19.8. The molecule has 0 aliphatic heterocycles. The molecule has 3 aromatic heterocycles. The van der Waals surface area contributed by atoms with Gasteiger partial charge in [-0.2, -0.15) is 4.98 Å². The molecule has 4 rings (SSSR count). The molecule has 3 heterocycles. The Labute approximate surface area is 210 Å². The van der Waals surface area contributed by atoms with Crippen molar-refractivity contribution in [2.45, 2.75) is 26.5 Å². The van der Waals surface area contributed by atoms with E-state index < -0.39 is 17.9 Å². The molecule has 11 heteroatoms. The summed E-state index contributed by atoms with van der Waals surface area (Å²) in [6.07, 6.45) is -2.04. The second-order valence-corrected chi connectivity index (χ2v) is 8.05. The van der Waals surface area contributed by atoms with Crippen LogP contribution in [0.25, 0.3) is 22.4 Å². The number of aryl methyl sites for hydroxylation is 1. The summed E-state index contributed by atoms with van der Waals surface area (Å²) in [4.78, 5) is 27.5. The molecule has 0 aliphatic rings. The molecule has 8 nitrogen and oxygen atoms in total. The second kappa shape index (κ2) is 11.6. The normalized spacial score (nSPS) is 11.1. The maximum absolute atomic E-state index is 13.6. The largest absolute Gasteiger partial charge is 0.471 e. The average molecular weight is 509 g/mol. The summed E-state index contributed by atoms with van der Waals surface area (Å²) < 4.78 is 46.8. The molecule has 0 radical (unpaired) electrons. The van der Waals surface area contributed by atoms with Gasteiger partial charge in [0.05, 0.1) is 29.2 Å². The second-order valence-electron chi connectivity index (χ2n) is 8.05. The third-order valence-corrected chi connectivity index (χ3v) is 5.25. The number of aldehydes is 1. The minimum absolute atomic E-state index is 0.0143. The van der Waals surface area contributed by atoms with Crippen LogP contribution in [0.5, 0.6) is 5.88 Å². The van der Waals surface area contributed by atoms with Crippen molar-refractivity contribution in [2.75, 3.05) is 12.3 Å². The number of aromatic nitrogens is 4. The lowest BCUT2D eigenvalue weighted by molar-refractivity contribution is -0.107. The van der Waals surface area contributed by atoms with Gasteiger partial charge in [0.25, 0.3) is 6.43 Å². The van der Waals surface area contributed by atoms with E-state index in [-0.39, 0.29) is 30.7 Å². The van der Waals surface area contributed by atoms with E-state index in [4.69, 9.17) is 10.5 Å². The van der Waals surface area contributed by atoms with Gasteiger partial charge in [0.2, 0.25) is 11.8 Å². The number of nitrogens with two attached hydrogens (primary N) is 1. The number of hydrogen-bond acceptors (Lipinski definition) is 8. The highest BCUT2D eigenvalue weighted by atomic mass is 19.3. The lowest BCUT2D eigenvalue weighted by Crippen LogP contribution is -2.16. The van der Waals surface area contributed by atoms with Crippen molar-refractivity contribution in [3.8, 4) is 28.3 Å². The number of nitrogens with zero attached hydrogens (tertiary/aromatic N) is 4. The number of anilines is 1. The third kappa shape index (κ3) is 6.44. The van der Waals surface area contributed by atoms with Gasteiger partial charge in [-0.25, -0.2) is 18.2 Å². The van der Waals surface area contributed by atoms with Crippen LogP contribution in [0.15, 0.2) is 54.6 Å². The number of benzene rings is 1. The molecule has 0 amide bonds. The Morgan fingerprint density at radius 3 is 2.49 bits per heavy atom. The fourth-order valence-corrected chi connectivity index (χ4v) is 3.70. The smallest absolute Gasteiger partial charge is 0.280 e. The van der Waals surface area contributed by atoms with Gasteiger partial charge in [-0.05, 0) is 61.0 Å². The van der Waals surface area contributed by atoms with Gasteiger partial charge in [-0.15, -0.1) is 0 Å². The highest BCUT2D eigenvalue weighted by Gasteiger charge is 2.21. The number of carbonyl (C=O) groups is 1. The number of nitrogen functional groups attached to an aromatic ring is 1. The van der Waals surface area contributed by atoms with Gasteiger partial charge in [0.15, 0.2) is 0 Å². The van der Waals surface area contributed by atoms with Gasteiger partial charge >= 0.3 is 0 Å². The molecule has 0 atom stereocenters. The number of ether oxygens (including phenoxy) is 1. The topological polar surface area (TPSA) is 116 Å². The Hall–Kier alpha value is -4.38. The van der Waals surface area contributed by atoms with E-state index in [1.54, 1.807) is 31.2 Å². The molecule has 0 bridgehead atoms. The van der Waals surface area contributed by atoms with Gasteiger partial charge in [0, 0.05) is 17.8 Å². The Morgan fingerprint density at radius 2 is 1.76 bits per heavy atom. The first kappa shape index (κ1) is 25.7. The van der Waals surface area contributed by atoms with Crippen molar-refractivity contribution in [1.82, 2.24) is 25.3 Å². The Bertz CT molecular complexity index is 1400.